The van der Waals surface area contributed by atoms with Gasteiger partial charge in [-0.05, 0) is 30.9 Å². The van der Waals surface area contributed by atoms with Crippen LogP contribution >= 0.6 is 0 Å². The number of hydrogen-bond donors (Lipinski definition) is 1. The van der Waals surface area contributed by atoms with Crippen LogP contribution in [0.15, 0.2) is 24.3 Å². The predicted molar refractivity (Wildman–Crippen MR) is 86.2 cm³/mol. The Labute approximate surface area is 126 Å². The SMILES string of the molecule is CCCn1c(CC(=O)C(N)CC(C)C)nc2ccccc21. The molecule has 1 unspecified atom stereocenters. The second kappa shape index (κ2) is 6.85. The lowest BCUT2D eigenvalue weighted by Crippen LogP contribution is -2.33. The minimum atomic E-state index is -0.389. The standard InChI is InChI=1S/C17H25N3O/c1-4-9-20-15-8-6-5-7-14(15)19-17(20)11-16(21)13(18)10-12(2)3/h5-8,12-13H,4,9-11,18H2,1-3H3. The van der Waals surface area contributed by atoms with Gasteiger partial charge in [-0.2, -0.15) is 0 Å². The van der Waals surface area contributed by atoms with Gasteiger partial charge in [-0.15, -0.1) is 0 Å². The van der Waals surface area contributed by atoms with E-state index in [9.17, 15) is 4.79 Å². The van der Waals surface area contributed by atoms with Crippen molar-refractivity contribution in [3.8, 4) is 0 Å². The molecule has 0 saturated heterocycles. The van der Waals surface area contributed by atoms with Gasteiger partial charge in [0.1, 0.15) is 5.82 Å². The first-order valence-electron chi connectivity index (χ1n) is 7.75. The highest BCUT2D eigenvalue weighted by atomic mass is 16.1. The smallest absolute Gasteiger partial charge is 0.157 e. The van der Waals surface area contributed by atoms with Gasteiger partial charge >= 0.3 is 0 Å². The van der Waals surface area contributed by atoms with Gasteiger partial charge in [-0.1, -0.05) is 32.9 Å². The topological polar surface area (TPSA) is 60.9 Å². The van der Waals surface area contributed by atoms with Crippen molar-refractivity contribution < 1.29 is 4.79 Å². The molecule has 1 heterocycles. The summed E-state index contributed by atoms with van der Waals surface area (Å²) in [5.74, 6) is 1.34. The van der Waals surface area contributed by atoms with Crippen LogP contribution in [0.1, 0.15) is 39.4 Å². The van der Waals surface area contributed by atoms with Crippen LogP contribution in [0, 0.1) is 5.92 Å². The highest BCUT2D eigenvalue weighted by Crippen LogP contribution is 2.18. The molecule has 2 N–H and O–H groups in total. The number of aryl methyl sites for hydroxylation is 1. The molecule has 2 rings (SSSR count). The number of imidazole rings is 1. The Kier molecular flexibility index (Phi) is 5.12. The zero-order valence-corrected chi connectivity index (χ0v) is 13.2. The fourth-order valence-corrected chi connectivity index (χ4v) is 2.66. The number of carbonyl (C=O) groups is 1. The average molecular weight is 287 g/mol. The molecule has 21 heavy (non-hydrogen) atoms. The number of hydrogen-bond acceptors (Lipinski definition) is 3. The third-order valence-corrected chi connectivity index (χ3v) is 3.65. The molecule has 4 nitrogen and oxygen atoms in total. The van der Waals surface area contributed by atoms with Crippen LogP contribution in [0.25, 0.3) is 11.0 Å². The van der Waals surface area contributed by atoms with Gasteiger partial charge in [0.15, 0.2) is 5.78 Å². The molecule has 0 bridgehead atoms. The normalized spacial score (nSPS) is 13.0. The third-order valence-electron chi connectivity index (χ3n) is 3.65. The predicted octanol–water partition coefficient (Wildman–Crippen LogP) is 2.93. The number of ketones is 1. The minimum absolute atomic E-state index is 0.0800. The molecule has 0 aliphatic carbocycles. The number of benzene rings is 1. The molecular weight excluding hydrogens is 262 g/mol. The van der Waals surface area contributed by atoms with Crippen molar-refractivity contribution in [3.63, 3.8) is 0 Å². The lowest BCUT2D eigenvalue weighted by atomic mass is 9.99. The summed E-state index contributed by atoms with van der Waals surface area (Å²) in [7, 11) is 0. The van der Waals surface area contributed by atoms with Gasteiger partial charge in [0.25, 0.3) is 0 Å². The number of nitrogens with zero attached hydrogens (tertiary/aromatic N) is 2. The van der Waals surface area contributed by atoms with Crippen molar-refractivity contribution in [2.24, 2.45) is 11.7 Å². The van der Waals surface area contributed by atoms with E-state index in [1.54, 1.807) is 0 Å². The lowest BCUT2D eigenvalue weighted by Gasteiger charge is -2.13. The molecule has 0 spiro atoms. The first-order chi connectivity index (χ1) is 10.0. The molecule has 0 saturated carbocycles. The van der Waals surface area contributed by atoms with Crippen molar-refractivity contribution in [2.45, 2.75) is 52.6 Å². The minimum Gasteiger partial charge on any atom is -0.328 e. The highest BCUT2D eigenvalue weighted by Gasteiger charge is 2.19. The van der Waals surface area contributed by atoms with Crippen molar-refractivity contribution in [2.75, 3.05) is 0 Å². The Morgan fingerprint density at radius 2 is 2.05 bits per heavy atom. The maximum absolute atomic E-state index is 12.3. The molecule has 2 aromatic rings. The van der Waals surface area contributed by atoms with Crippen LogP contribution in [0.5, 0.6) is 0 Å². The second-order valence-electron chi connectivity index (χ2n) is 6.05. The highest BCUT2D eigenvalue weighted by molar-refractivity contribution is 5.86. The van der Waals surface area contributed by atoms with Gasteiger partial charge in [-0.25, -0.2) is 4.98 Å². The molecule has 114 valence electrons. The molecule has 0 aliphatic rings. The summed E-state index contributed by atoms with van der Waals surface area (Å²) < 4.78 is 2.15. The van der Waals surface area contributed by atoms with Crippen molar-refractivity contribution in [3.05, 3.63) is 30.1 Å². The van der Waals surface area contributed by atoms with Crippen LogP contribution in [-0.4, -0.2) is 21.4 Å². The van der Waals surface area contributed by atoms with Crippen LogP contribution in [0.2, 0.25) is 0 Å². The zero-order chi connectivity index (χ0) is 15.4. The number of rotatable bonds is 7. The first-order valence-corrected chi connectivity index (χ1v) is 7.75. The number of carbonyl (C=O) groups excluding carboxylic acids is 1. The Bertz CT molecular complexity index is 616. The van der Waals surface area contributed by atoms with Crippen LogP contribution in [0.4, 0.5) is 0 Å². The molecule has 1 aromatic heterocycles. The molecule has 1 aromatic carbocycles. The van der Waals surface area contributed by atoms with E-state index in [1.165, 1.54) is 0 Å². The summed E-state index contributed by atoms with van der Waals surface area (Å²) in [6.45, 7) is 7.17. The molecule has 0 radical (unpaired) electrons. The fourth-order valence-electron chi connectivity index (χ4n) is 2.66. The summed E-state index contributed by atoms with van der Waals surface area (Å²) in [5, 5.41) is 0. The van der Waals surface area contributed by atoms with E-state index in [1.807, 2.05) is 18.2 Å². The molecule has 0 amide bonds. The van der Waals surface area contributed by atoms with Gasteiger partial charge in [-0.3, -0.25) is 4.79 Å². The Balaban J connectivity index is 2.25. The quantitative estimate of drug-likeness (QED) is 0.851. The monoisotopic (exact) mass is 287 g/mol. The van der Waals surface area contributed by atoms with E-state index < -0.39 is 0 Å². The van der Waals surface area contributed by atoms with E-state index in [0.717, 1.165) is 36.2 Å². The lowest BCUT2D eigenvalue weighted by molar-refractivity contribution is -0.120. The van der Waals surface area contributed by atoms with Crippen LogP contribution in [0.3, 0.4) is 0 Å². The van der Waals surface area contributed by atoms with E-state index in [4.69, 9.17) is 5.73 Å². The number of nitrogens with two attached hydrogens (primary N) is 1. The van der Waals surface area contributed by atoms with Gasteiger partial charge in [0, 0.05) is 6.54 Å². The molecular formula is C17H25N3O. The Morgan fingerprint density at radius 1 is 1.33 bits per heavy atom. The molecule has 4 heteroatoms. The van der Waals surface area contributed by atoms with Crippen molar-refractivity contribution in [1.82, 2.24) is 9.55 Å². The number of aromatic nitrogens is 2. The summed E-state index contributed by atoms with van der Waals surface area (Å²) in [5.41, 5.74) is 8.04. The third kappa shape index (κ3) is 3.70. The number of para-hydroxylation sites is 2. The molecule has 0 aliphatic heterocycles. The summed E-state index contributed by atoms with van der Waals surface area (Å²) in [4.78, 5) is 16.9. The summed E-state index contributed by atoms with van der Waals surface area (Å²) in [6, 6.07) is 7.64. The van der Waals surface area contributed by atoms with E-state index >= 15 is 0 Å². The molecule has 0 fully saturated rings. The summed E-state index contributed by atoms with van der Waals surface area (Å²) >= 11 is 0. The Morgan fingerprint density at radius 3 is 2.71 bits per heavy atom. The van der Waals surface area contributed by atoms with Gasteiger partial charge in [0.2, 0.25) is 0 Å². The number of fused-ring (bicyclic) bond motifs is 1. The van der Waals surface area contributed by atoms with Gasteiger partial charge < -0.3 is 10.3 Å². The largest absolute Gasteiger partial charge is 0.328 e. The maximum atomic E-state index is 12.3. The second-order valence-corrected chi connectivity index (χ2v) is 6.05. The van der Waals surface area contributed by atoms with Crippen molar-refractivity contribution >= 4 is 16.8 Å². The maximum Gasteiger partial charge on any atom is 0.157 e. The van der Waals surface area contributed by atoms with Gasteiger partial charge in [0.05, 0.1) is 23.5 Å². The van der Waals surface area contributed by atoms with E-state index in [2.05, 4.69) is 36.4 Å². The van der Waals surface area contributed by atoms with Crippen LogP contribution in [-0.2, 0) is 17.8 Å². The Hall–Kier alpha value is -1.68. The zero-order valence-electron chi connectivity index (χ0n) is 13.2. The fraction of sp³-hybridized carbons (Fsp3) is 0.529. The van der Waals surface area contributed by atoms with Crippen molar-refractivity contribution in [1.29, 1.82) is 0 Å². The van der Waals surface area contributed by atoms with E-state index in [-0.39, 0.29) is 11.8 Å². The van der Waals surface area contributed by atoms with E-state index in [0.29, 0.717) is 12.3 Å². The molecule has 1 atom stereocenters. The first kappa shape index (κ1) is 15.7. The summed E-state index contributed by atoms with van der Waals surface area (Å²) in [6.07, 6.45) is 2.06. The van der Waals surface area contributed by atoms with Crippen LogP contribution < -0.4 is 5.73 Å². The average Bonchev–Trinajstić information content (AvgIpc) is 2.76. The number of Topliss-reactive ketones (excluding diaryl/α,β-unsaturated/α-hetero) is 1.